The lowest BCUT2D eigenvalue weighted by Gasteiger charge is -2.15. The van der Waals surface area contributed by atoms with Crippen LogP contribution in [0, 0.1) is 34.0 Å². The summed E-state index contributed by atoms with van der Waals surface area (Å²) in [6.07, 6.45) is 0. The highest BCUT2D eigenvalue weighted by atomic mass is 32.1. The molecule has 0 unspecified atom stereocenters. The van der Waals surface area contributed by atoms with E-state index in [1.807, 2.05) is 0 Å². The standard InChI is InChI=1S/C14H11N5O2S/c1-20-12-3-9(14(18)22)10(4-13(12)21-2)19-11(7-17)8(5-15)6-16/h3-4,19H,1-2H3,(H2,18,22). The van der Waals surface area contributed by atoms with E-state index in [1.54, 1.807) is 18.2 Å². The zero-order valence-corrected chi connectivity index (χ0v) is 12.6. The van der Waals surface area contributed by atoms with Gasteiger partial charge in [-0.15, -0.1) is 0 Å². The van der Waals surface area contributed by atoms with Gasteiger partial charge in [0, 0.05) is 11.6 Å². The summed E-state index contributed by atoms with van der Waals surface area (Å²) in [5.41, 5.74) is 5.79. The van der Waals surface area contributed by atoms with Crippen molar-refractivity contribution in [3.05, 3.63) is 29.0 Å². The van der Waals surface area contributed by atoms with Crippen molar-refractivity contribution in [1.82, 2.24) is 0 Å². The minimum Gasteiger partial charge on any atom is -0.493 e. The first kappa shape index (κ1) is 16.8. The number of nitriles is 3. The monoisotopic (exact) mass is 313 g/mol. The molecule has 22 heavy (non-hydrogen) atoms. The molecule has 1 aromatic rings. The number of hydrogen-bond acceptors (Lipinski definition) is 7. The third kappa shape index (κ3) is 3.43. The van der Waals surface area contributed by atoms with Gasteiger partial charge in [0.1, 0.15) is 28.9 Å². The molecule has 8 heteroatoms. The van der Waals surface area contributed by atoms with Crippen molar-refractivity contribution in [1.29, 1.82) is 15.8 Å². The molecule has 0 saturated heterocycles. The molecule has 0 fully saturated rings. The zero-order chi connectivity index (χ0) is 16.7. The molecule has 110 valence electrons. The molecule has 0 aliphatic carbocycles. The van der Waals surface area contributed by atoms with Crippen LogP contribution >= 0.6 is 12.2 Å². The summed E-state index contributed by atoms with van der Waals surface area (Å²) in [6.45, 7) is 0. The summed E-state index contributed by atoms with van der Waals surface area (Å²) in [5, 5.41) is 29.5. The lowest BCUT2D eigenvalue weighted by atomic mass is 10.1. The number of nitrogens with one attached hydrogen (secondary N) is 1. The Labute approximate surface area is 132 Å². The van der Waals surface area contributed by atoms with Crippen molar-refractivity contribution in [2.45, 2.75) is 0 Å². The number of nitrogens with zero attached hydrogens (tertiary/aromatic N) is 3. The number of rotatable bonds is 5. The molecule has 0 atom stereocenters. The van der Waals surface area contributed by atoms with Gasteiger partial charge in [-0.05, 0) is 6.07 Å². The fourth-order valence-corrected chi connectivity index (χ4v) is 1.77. The molecule has 0 aliphatic heterocycles. The number of anilines is 1. The Bertz CT molecular complexity index is 749. The third-order valence-electron chi connectivity index (χ3n) is 2.63. The average molecular weight is 313 g/mol. The zero-order valence-electron chi connectivity index (χ0n) is 11.8. The maximum Gasteiger partial charge on any atom is 0.163 e. The Morgan fingerprint density at radius 2 is 1.64 bits per heavy atom. The summed E-state index contributed by atoms with van der Waals surface area (Å²) in [5.74, 6) is 0.775. The van der Waals surface area contributed by atoms with E-state index in [9.17, 15) is 0 Å². The molecule has 7 nitrogen and oxygen atoms in total. The Hall–Kier alpha value is -3.28. The van der Waals surface area contributed by atoms with E-state index in [2.05, 4.69) is 5.32 Å². The number of thiocarbonyl (C=S) groups is 1. The predicted molar refractivity (Wildman–Crippen MR) is 82.9 cm³/mol. The summed E-state index contributed by atoms with van der Waals surface area (Å²) in [4.78, 5) is 0.0520. The normalized spacial score (nSPS) is 8.68. The van der Waals surface area contributed by atoms with Gasteiger partial charge in [-0.2, -0.15) is 15.8 Å². The lowest BCUT2D eigenvalue weighted by molar-refractivity contribution is 0.355. The van der Waals surface area contributed by atoms with Crippen molar-refractivity contribution in [2.75, 3.05) is 19.5 Å². The van der Waals surface area contributed by atoms with E-state index < -0.39 is 0 Å². The Balaban J connectivity index is 3.51. The van der Waals surface area contributed by atoms with Crippen molar-refractivity contribution in [3.63, 3.8) is 0 Å². The minimum atomic E-state index is -0.355. The molecule has 1 aromatic carbocycles. The van der Waals surface area contributed by atoms with Crippen LogP contribution in [0.2, 0.25) is 0 Å². The number of hydrogen-bond donors (Lipinski definition) is 2. The van der Waals surface area contributed by atoms with Gasteiger partial charge < -0.3 is 20.5 Å². The molecule has 0 radical (unpaired) electrons. The molecule has 0 bridgehead atoms. The van der Waals surface area contributed by atoms with Crippen LogP contribution in [0.1, 0.15) is 5.56 Å². The number of benzene rings is 1. The van der Waals surface area contributed by atoms with Crippen LogP contribution in [0.3, 0.4) is 0 Å². The number of allylic oxidation sites excluding steroid dienone is 2. The van der Waals surface area contributed by atoms with Gasteiger partial charge in [-0.3, -0.25) is 0 Å². The molecule has 0 aliphatic rings. The van der Waals surface area contributed by atoms with E-state index in [1.165, 1.54) is 26.4 Å². The van der Waals surface area contributed by atoms with Gasteiger partial charge in [0.15, 0.2) is 17.1 Å². The molecular formula is C14H11N5O2S. The second-order valence-electron chi connectivity index (χ2n) is 3.83. The number of methoxy groups -OCH3 is 2. The van der Waals surface area contributed by atoms with E-state index >= 15 is 0 Å². The first-order chi connectivity index (χ1) is 10.5. The molecule has 0 saturated carbocycles. The largest absolute Gasteiger partial charge is 0.493 e. The van der Waals surface area contributed by atoms with Crippen molar-refractivity contribution >= 4 is 22.9 Å². The maximum atomic E-state index is 9.08. The summed E-state index contributed by atoms with van der Waals surface area (Å²) < 4.78 is 10.3. The van der Waals surface area contributed by atoms with E-state index in [0.717, 1.165) is 0 Å². The van der Waals surface area contributed by atoms with Crippen LogP contribution in [0.4, 0.5) is 5.69 Å². The topological polar surface area (TPSA) is 128 Å². The average Bonchev–Trinajstić information content (AvgIpc) is 2.53. The molecule has 0 aromatic heterocycles. The molecule has 0 amide bonds. The van der Waals surface area contributed by atoms with Gasteiger partial charge in [0.05, 0.1) is 19.9 Å². The Morgan fingerprint density at radius 1 is 1.09 bits per heavy atom. The first-order valence-electron chi connectivity index (χ1n) is 5.79. The second kappa shape index (κ2) is 7.49. The minimum absolute atomic E-state index is 0.0520. The molecule has 3 N–H and O–H groups in total. The van der Waals surface area contributed by atoms with E-state index in [0.29, 0.717) is 22.7 Å². The Kier molecular flexibility index (Phi) is 5.71. The number of nitrogens with two attached hydrogens (primary N) is 1. The van der Waals surface area contributed by atoms with Crippen LogP contribution in [-0.4, -0.2) is 19.2 Å². The Morgan fingerprint density at radius 3 is 2.05 bits per heavy atom. The highest BCUT2D eigenvalue weighted by Gasteiger charge is 2.15. The first-order valence-corrected chi connectivity index (χ1v) is 6.20. The smallest absolute Gasteiger partial charge is 0.163 e. The summed E-state index contributed by atoms with van der Waals surface area (Å²) in [7, 11) is 2.90. The quantitative estimate of drug-likeness (QED) is 0.619. The summed E-state index contributed by atoms with van der Waals surface area (Å²) >= 11 is 4.96. The lowest BCUT2D eigenvalue weighted by Crippen LogP contribution is -2.14. The van der Waals surface area contributed by atoms with Crippen LogP contribution in [0.25, 0.3) is 0 Å². The van der Waals surface area contributed by atoms with Crippen LogP contribution in [0.5, 0.6) is 11.5 Å². The van der Waals surface area contributed by atoms with Crippen molar-refractivity contribution < 1.29 is 9.47 Å². The van der Waals surface area contributed by atoms with Crippen LogP contribution in [0.15, 0.2) is 23.4 Å². The second-order valence-corrected chi connectivity index (χ2v) is 4.27. The van der Waals surface area contributed by atoms with Gasteiger partial charge in [-0.1, -0.05) is 12.2 Å². The highest BCUT2D eigenvalue weighted by molar-refractivity contribution is 7.80. The van der Waals surface area contributed by atoms with Gasteiger partial charge in [-0.25, -0.2) is 0 Å². The van der Waals surface area contributed by atoms with Gasteiger partial charge >= 0.3 is 0 Å². The third-order valence-corrected chi connectivity index (χ3v) is 2.85. The predicted octanol–water partition coefficient (Wildman–Crippen LogP) is 1.57. The van der Waals surface area contributed by atoms with Gasteiger partial charge in [0.25, 0.3) is 0 Å². The van der Waals surface area contributed by atoms with Crippen LogP contribution in [-0.2, 0) is 0 Å². The molecule has 1 rings (SSSR count). The number of ether oxygens (including phenoxy) is 2. The molecular weight excluding hydrogens is 302 g/mol. The van der Waals surface area contributed by atoms with Crippen LogP contribution < -0.4 is 20.5 Å². The van der Waals surface area contributed by atoms with E-state index in [-0.39, 0.29) is 16.3 Å². The van der Waals surface area contributed by atoms with E-state index in [4.69, 9.17) is 43.2 Å². The molecule has 0 heterocycles. The maximum absolute atomic E-state index is 9.08. The fourth-order valence-electron chi connectivity index (χ4n) is 1.60. The SMILES string of the molecule is COc1cc(NC(C#N)=C(C#N)C#N)c(C(N)=S)cc1OC. The van der Waals surface area contributed by atoms with Crippen molar-refractivity contribution in [3.8, 4) is 29.7 Å². The fraction of sp³-hybridized carbons (Fsp3) is 0.143. The molecule has 0 spiro atoms. The van der Waals surface area contributed by atoms with Gasteiger partial charge in [0.2, 0.25) is 0 Å². The highest BCUT2D eigenvalue weighted by Crippen LogP contribution is 2.34. The van der Waals surface area contributed by atoms with Crippen molar-refractivity contribution in [2.24, 2.45) is 5.73 Å². The summed E-state index contributed by atoms with van der Waals surface area (Å²) in [6, 6.07) is 8.07.